The first kappa shape index (κ1) is 15.1. The maximum absolute atomic E-state index is 6.20. The first-order valence-corrected chi connectivity index (χ1v) is 8.15. The zero-order valence-electron chi connectivity index (χ0n) is 13.1. The number of ether oxygens (including phenoxy) is 1. The van der Waals surface area contributed by atoms with Gasteiger partial charge in [0.15, 0.2) is 0 Å². The number of aryl methyl sites for hydroxylation is 1. The molecule has 2 nitrogen and oxygen atoms in total. The first-order valence-electron chi connectivity index (χ1n) is 8.15. The van der Waals surface area contributed by atoms with Crippen molar-refractivity contribution < 1.29 is 24.8 Å². The van der Waals surface area contributed by atoms with Crippen molar-refractivity contribution in [2.75, 3.05) is 6.61 Å². The van der Waals surface area contributed by atoms with E-state index in [9.17, 15) is 0 Å². The normalized spacial score (nSPS) is 18.1. The molecule has 5 rings (SSSR count). The molecule has 2 aliphatic rings. The molecule has 2 heterocycles. The van der Waals surface area contributed by atoms with Gasteiger partial charge < -0.3 is 9.72 Å². The molecule has 3 aromatic rings. The van der Waals surface area contributed by atoms with Crippen molar-refractivity contribution in [1.82, 2.24) is 4.98 Å². The van der Waals surface area contributed by atoms with Crippen LogP contribution in [0.5, 0.6) is 5.75 Å². The zero-order chi connectivity index (χ0) is 14.7. The molecule has 1 fully saturated rings. The van der Waals surface area contributed by atoms with Gasteiger partial charge in [-0.2, -0.15) is 0 Å². The average Bonchev–Trinajstić information content (AvgIpc) is 3.17. The van der Waals surface area contributed by atoms with E-state index in [-0.39, 0.29) is 25.5 Å². The molecule has 1 aliphatic heterocycles. The summed E-state index contributed by atoms with van der Waals surface area (Å²) in [6, 6.07) is 11.8. The minimum atomic E-state index is 0. The molecule has 1 aliphatic carbocycles. The number of rotatable bonds is 0. The van der Waals surface area contributed by atoms with Gasteiger partial charge >= 0.3 is 0 Å². The summed E-state index contributed by atoms with van der Waals surface area (Å²) in [5.74, 6) is 1.08. The van der Waals surface area contributed by atoms with E-state index in [0.29, 0.717) is 0 Å². The van der Waals surface area contributed by atoms with Crippen LogP contribution >= 0.6 is 0 Å². The van der Waals surface area contributed by atoms with Gasteiger partial charge in [0, 0.05) is 42.7 Å². The Hall–Kier alpha value is -1.44. The van der Waals surface area contributed by atoms with Crippen LogP contribution in [0.2, 0.25) is 0 Å². The van der Waals surface area contributed by atoms with Gasteiger partial charge in [0.25, 0.3) is 0 Å². The quantitative estimate of drug-likeness (QED) is 0.344. The molecule has 1 aromatic heterocycles. The Bertz CT molecular complexity index is 912. The van der Waals surface area contributed by atoms with Crippen LogP contribution in [0.1, 0.15) is 36.8 Å². The molecule has 23 heavy (non-hydrogen) atoms. The fraction of sp³-hybridized carbons (Fsp3) is 0.350. The first-order chi connectivity index (χ1) is 10.8. The van der Waals surface area contributed by atoms with E-state index in [2.05, 4.69) is 31.3 Å². The molecule has 1 saturated carbocycles. The molecule has 0 saturated heterocycles. The van der Waals surface area contributed by atoms with E-state index >= 15 is 0 Å². The van der Waals surface area contributed by atoms with Crippen LogP contribution in [-0.2, 0) is 25.5 Å². The summed E-state index contributed by atoms with van der Waals surface area (Å²) in [5.41, 5.74) is 3.87. The topological polar surface area (TPSA) is 22.1 Å². The van der Waals surface area contributed by atoms with Gasteiger partial charge in [-0.05, 0) is 25.3 Å². The second kappa shape index (κ2) is 5.29. The molecular weight excluding hydrogens is 462 g/mol. The fourth-order valence-electron chi connectivity index (χ4n) is 4.39. The SMILES string of the molecule is Cc1cc2c3c(cnc2c2[c-]cccc12)C1(CCCC1)CO3.[Ir]. The molecule has 0 unspecified atom stereocenters. The standard InChI is InChI=1S/C20H18NO.Ir/c1-13-10-16-18(15-7-3-2-6-14(13)15)21-11-17-19(16)22-12-20(17)8-4-5-9-20;/h2-3,6,10-11H,4-5,8-9,12H2,1H3;/q-1;. The largest absolute Gasteiger partial charge is 0.492 e. The molecule has 119 valence electrons. The smallest absolute Gasteiger partial charge is 0.124 e. The van der Waals surface area contributed by atoms with Gasteiger partial charge in [0.2, 0.25) is 0 Å². The van der Waals surface area contributed by atoms with Crippen LogP contribution in [0.25, 0.3) is 21.7 Å². The van der Waals surface area contributed by atoms with Crippen molar-refractivity contribution in [3.63, 3.8) is 0 Å². The third-order valence-corrected chi connectivity index (χ3v) is 5.57. The van der Waals surface area contributed by atoms with Crippen molar-refractivity contribution >= 4 is 21.7 Å². The van der Waals surface area contributed by atoms with Crippen LogP contribution < -0.4 is 4.74 Å². The monoisotopic (exact) mass is 481 g/mol. The molecule has 1 spiro atoms. The van der Waals surface area contributed by atoms with Crippen LogP contribution in [-0.4, -0.2) is 11.6 Å². The summed E-state index contributed by atoms with van der Waals surface area (Å²) >= 11 is 0. The van der Waals surface area contributed by atoms with Gasteiger partial charge in [-0.1, -0.05) is 24.5 Å². The summed E-state index contributed by atoms with van der Waals surface area (Å²) in [5, 5.41) is 3.50. The predicted octanol–water partition coefficient (Wildman–Crippen LogP) is 4.70. The summed E-state index contributed by atoms with van der Waals surface area (Å²) in [6.45, 7) is 2.99. The molecule has 2 aromatic carbocycles. The van der Waals surface area contributed by atoms with Crippen molar-refractivity contribution in [3.05, 3.63) is 47.7 Å². The summed E-state index contributed by atoms with van der Waals surface area (Å²) in [7, 11) is 0. The molecule has 0 atom stereocenters. The van der Waals surface area contributed by atoms with E-state index in [4.69, 9.17) is 9.72 Å². The average molecular weight is 481 g/mol. The number of benzene rings is 2. The molecule has 0 amide bonds. The Kier molecular flexibility index (Phi) is 3.47. The van der Waals surface area contributed by atoms with Crippen molar-refractivity contribution in [2.24, 2.45) is 0 Å². The fourth-order valence-corrected chi connectivity index (χ4v) is 4.39. The van der Waals surface area contributed by atoms with Crippen LogP contribution in [0.4, 0.5) is 0 Å². The molecule has 0 N–H and O–H groups in total. The minimum Gasteiger partial charge on any atom is -0.492 e. The molecule has 3 heteroatoms. The Morgan fingerprint density at radius 2 is 2.04 bits per heavy atom. The number of hydrogen-bond acceptors (Lipinski definition) is 2. The number of fused-ring (bicyclic) bond motifs is 6. The van der Waals surface area contributed by atoms with Crippen molar-refractivity contribution in [3.8, 4) is 5.75 Å². The zero-order valence-corrected chi connectivity index (χ0v) is 15.5. The number of pyridine rings is 1. The van der Waals surface area contributed by atoms with Crippen molar-refractivity contribution in [2.45, 2.75) is 38.0 Å². The Morgan fingerprint density at radius 1 is 1.22 bits per heavy atom. The van der Waals surface area contributed by atoms with Gasteiger partial charge in [-0.25, -0.2) is 0 Å². The van der Waals surface area contributed by atoms with Crippen molar-refractivity contribution in [1.29, 1.82) is 0 Å². The van der Waals surface area contributed by atoms with Crippen LogP contribution in [0.15, 0.2) is 30.5 Å². The second-order valence-corrected chi connectivity index (χ2v) is 6.83. The van der Waals surface area contributed by atoms with E-state index in [0.717, 1.165) is 28.6 Å². The van der Waals surface area contributed by atoms with E-state index in [1.54, 1.807) is 0 Å². The minimum absolute atomic E-state index is 0. The Morgan fingerprint density at radius 3 is 2.87 bits per heavy atom. The summed E-state index contributed by atoms with van der Waals surface area (Å²) in [6.07, 6.45) is 7.18. The maximum Gasteiger partial charge on any atom is 0.124 e. The van der Waals surface area contributed by atoms with E-state index < -0.39 is 0 Å². The third-order valence-electron chi connectivity index (χ3n) is 5.57. The maximum atomic E-state index is 6.20. The predicted molar refractivity (Wildman–Crippen MR) is 88.5 cm³/mol. The Labute approximate surface area is 149 Å². The Balaban J connectivity index is 0.00000135. The molecule has 1 radical (unpaired) electrons. The third kappa shape index (κ3) is 2.00. The number of nitrogens with zero attached hydrogens (tertiary/aromatic N) is 1. The van der Waals surface area contributed by atoms with E-state index in [1.807, 2.05) is 12.1 Å². The van der Waals surface area contributed by atoms with Gasteiger partial charge in [-0.15, -0.1) is 35.0 Å². The van der Waals surface area contributed by atoms with Gasteiger partial charge in [0.05, 0.1) is 6.61 Å². The number of hydrogen-bond donors (Lipinski definition) is 0. The second-order valence-electron chi connectivity index (χ2n) is 6.83. The van der Waals surface area contributed by atoms with Crippen LogP contribution in [0, 0.1) is 13.0 Å². The number of aromatic nitrogens is 1. The van der Waals surface area contributed by atoms with E-state index in [1.165, 1.54) is 42.2 Å². The van der Waals surface area contributed by atoms with Gasteiger partial charge in [0.1, 0.15) is 5.75 Å². The summed E-state index contributed by atoms with van der Waals surface area (Å²) < 4.78 is 6.20. The molecule has 0 bridgehead atoms. The van der Waals surface area contributed by atoms with Crippen LogP contribution in [0.3, 0.4) is 0 Å². The van der Waals surface area contributed by atoms with Gasteiger partial charge in [-0.3, -0.25) is 0 Å². The summed E-state index contributed by atoms with van der Waals surface area (Å²) in [4.78, 5) is 4.83. The molecular formula is C20H18IrNO-.